The Hall–Kier alpha value is -0.750. The fourth-order valence-electron chi connectivity index (χ4n) is 1.79. The van der Waals surface area contributed by atoms with Crippen LogP contribution in [-0.4, -0.2) is 45.9 Å². The van der Waals surface area contributed by atoms with Crippen LogP contribution in [0.1, 0.15) is 25.7 Å². The summed E-state index contributed by atoms with van der Waals surface area (Å²) in [7, 11) is 0. The third kappa shape index (κ3) is 2.17. The van der Waals surface area contributed by atoms with Crippen molar-refractivity contribution in [2.75, 3.05) is 29.5 Å². The van der Waals surface area contributed by atoms with Crippen LogP contribution in [0.25, 0.3) is 0 Å². The average Bonchev–Trinajstić information content (AvgIpc) is 2.89. The molecule has 1 saturated heterocycles. The second-order valence-corrected chi connectivity index (χ2v) is 4.89. The summed E-state index contributed by atoms with van der Waals surface area (Å²) in [6.45, 7) is 5.83. The largest absolute Gasteiger partial charge is 0.391 e. The highest BCUT2D eigenvalue weighted by atomic mass is 32.2. The quantitative estimate of drug-likeness (QED) is 0.854. The summed E-state index contributed by atoms with van der Waals surface area (Å²) in [5.41, 5.74) is 0. The van der Waals surface area contributed by atoms with Gasteiger partial charge in [-0.15, -0.1) is 0 Å². The molecule has 1 aromatic rings. The third-order valence-electron chi connectivity index (χ3n) is 2.84. The standard InChI is InChI=1S/C10H17N3O2S/c1-3-13(4-2)10-11-9(15-12-10)7-5-16-6-8(7)14/h7-8,14H,3-6H2,1-2H3. The molecule has 2 atom stereocenters. The summed E-state index contributed by atoms with van der Waals surface area (Å²) in [6, 6.07) is 0. The van der Waals surface area contributed by atoms with E-state index in [9.17, 15) is 5.11 Å². The van der Waals surface area contributed by atoms with Crippen LogP contribution in [0, 0.1) is 0 Å². The molecule has 0 bridgehead atoms. The predicted molar refractivity (Wildman–Crippen MR) is 63.9 cm³/mol. The van der Waals surface area contributed by atoms with Crippen LogP contribution in [0.5, 0.6) is 0 Å². The van der Waals surface area contributed by atoms with Crippen molar-refractivity contribution in [2.45, 2.75) is 25.9 Å². The monoisotopic (exact) mass is 243 g/mol. The number of aliphatic hydroxyl groups is 1. The Morgan fingerprint density at radius 2 is 2.19 bits per heavy atom. The number of aromatic nitrogens is 2. The molecule has 2 heterocycles. The lowest BCUT2D eigenvalue weighted by atomic mass is 10.1. The van der Waals surface area contributed by atoms with Crippen LogP contribution >= 0.6 is 11.8 Å². The Labute approximate surface area is 99.2 Å². The van der Waals surface area contributed by atoms with Gasteiger partial charge >= 0.3 is 0 Å². The van der Waals surface area contributed by atoms with Gasteiger partial charge in [-0.25, -0.2) is 0 Å². The average molecular weight is 243 g/mol. The van der Waals surface area contributed by atoms with E-state index in [0.717, 1.165) is 24.6 Å². The van der Waals surface area contributed by atoms with E-state index >= 15 is 0 Å². The van der Waals surface area contributed by atoms with E-state index < -0.39 is 0 Å². The molecule has 6 heteroatoms. The van der Waals surface area contributed by atoms with Crippen molar-refractivity contribution >= 4 is 17.7 Å². The minimum absolute atomic E-state index is 0.00168. The van der Waals surface area contributed by atoms with Crippen molar-refractivity contribution in [2.24, 2.45) is 0 Å². The number of rotatable bonds is 4. The third-order valence-corrected chi connectivity index (χ3v) is 4.02. The van der Waals surface area contributed by atoms with Crippen molar-refractivity contribution in [3.05, 3.63) is 5.89 Å². The number of thioether (sulfide) groups is 1. The number of nitrogens with zero attached hydrogens (tertiary/aromatic N) is 3. The number of aliphatic hydroxyl groups excluding tert-OH is 1. The Morgan fingerprint density at radius 3 is 2.75 bits per heavy atom. The molecule has 0 radical (unpaired) electrons. The Bertz CT molecular complexity index is 341. The Morgan fingerprint density at radius 1 is 1.44 bits per heavy atom. The Balaban J connectivity index is 2.12. The zero-order chi connectivity index (χ0) is 11.5. The zero-order valence-corrected chi connectivity index (χ0v) is 10.4. The lowest BCUT2D eigenvalue weighted by molar-refractivity contribution is 0.164. The first-order valence-corrected chi connectivity index (χ1v) is 6.76. The van der Waals surface area contributed by atoms with Gasteiger partial charge in [-0.3, -0.25) is 0 Å². The van der Waals surface area contributed by atoms with Crippen molar-refractivity contribution < 1.29 is 9.63 Å². The minimum atomic E-state index is -0.352. The maximum Gasteiger partial charge on any atom is 0.266 e. The van der Waals surface area contributed by atoms with Crippen LogP contribution < -0.4 is 4.90 Å². The summed E-state index contributed by atoms with van der Waals surface area (Å²) in [4.78, 5) is 6.39. The molecule has 1 fully saturated rings. The van der Waals surface area contributed by atoms with Crippen LogP contribution in [0.2, 0.25) is 0 Å². The van der Waals surface area contributed by atoms with Crippen LogP contribution in [-0.2, 0) is 0 Å². The highest BCUT2D eigenvalue weighted by Gasteiger charge is 2.32. The van der Waals surface area contributed by atoms with Gasteiger partial charge in [0, 0.05) is 24.6 Å². The summed E-state index contributed by atoms with van der Waals surface area (Å²) >= 11 is 1.72. The van der Waals surface area contributed by atoms with Crippen LogP contribution in [0.4, 0.5) is 5.95 Å². The molecule has 90 valence electrons. The highest BCUT2D eigenvalue weighted by molar-refractivity contribution is 7.99. The molecule has 1 aromatic heterocycles. The molecule has 0 saturated carbocycles. The SMILES string of the molecule is CCN(CC)c1noc(C2CSCC2O)n1. The smallest absolute Gasteiger partial charge is 0.266 e. The van der Waals surface area contributed by atoms with Crippen LogP contribution in [0.3, 0.4) is 0 Å². The lowest BCUT2D eigenvalue weighted by Gasteiger charge is -2.14. The van der Waals surface area contributed by atoms with Gasteiger partial charge in [0.25, 0.3) is 5.95 Å². The van der Waals surface area contributed by atoms with Crippen molar-refractivity contribution in [1.29, 1.82) is 0 Å². The molecule has 5 nitrogen and oxygen atoms in total. The topological polar surface area (TPSA) is 62.4 Å². The molecule has 0 spiro atoms. The van der Waals surface area contributed by atoms with Gasteiger partial charge in [0.05, 0.1) is 12.0 Å². The van der Waals surface area contributed by atoms with Gasteiger partial charge in [0.1, 0.15) is 0 Å². The summed E-state index contributed by atoms with van der Waals surface area (Å²) in [5, 5.41) is 13.7. The zero-order valence-electron chi connectivity index (χ0n) is 9.59. The molecule has 2 unspecified atom stereocenters. The second-order valence-electron chi connectivity index (χ2n) is 3.82. The number of anilines is 1. The molecular weight excluding hydrogens is 226 g/mol. The molecule has 1 aliphatic rings. The summed E-state index contributed by atoms with van der Waals surface area (Å²) in [5.74, 6) is 2.82. The summed E-state index contributed by atoms with van der Waals surface area (Å²) in [6.07, 6.45) is -0.352. The van der Waals surface area contributed by atoms with Gasteiger partial charge in [0.15, 0.2) is 0 Å². The molecule has 2 rings (SSSR count). The van der Waals surface area contributed by atoms with Gasteiger partial charge in [-0.05, 0) is 19.0 Å². The van der Waals surface area contributed by atoms with E-state index in [4.69, 9.17) is 4.52 Å². The molecule has 1 aliphatic heterocycles. The van der Waals surface area contributed by atoms with Crippen molar-refractivity contribution in [3.8, 4) is 0 Å². The van der Waals surface area contributed by atoms with Gasteiger partial charge < -0.3 is 14.5 Å². The maximum absolute atomic E-state index is 9.74. The second kappa shape index (κ2) is 5.05. The van der Waals surface area contributed by atoms with E-state index in [2.05, 4.69) is 24.0 Å². The Kier molecular flexibility index (Phi) is 3.70. The molecule has 0 aliphatic carbocycles. The maximum atomic E-state index is 9.74. The first kappa shape index (κ1) is 11.7. The molecular formula is C10H17N3O2S. The van der Waals surface area contributed by atoms with E-state index in [1.165, 1.54) is 0 Å². The van der Waals surface area contributed by atoms with Crippen molar-refractivity contribution in [1.82, 2.24) is 10.1 Å². The lowest BCUT2D eigenvalue weighted by Crippen LogP contribution is -2.23. The van der Waals surface area contributed by atoms with Crippen molar-refractivity contribution in [3.63, 3.8) is 0 Å². The van der Waals surface area contributed by atoms with E-state index in [0.29, 0.717) is 11.8 Å². The fourth-order valence-corrected chi connectivity index (χ4v) is 3.02. The molecule has 1 N–H and O–H groups in total. The van der Waals surface area contributed by atoms with E-state index in [1.54, 1.807) is 11.8 Å². The first-order valence-electron chi connectivity index (χ1n) is 5.60. The number of hydrogen-bond acceptors (Lipinski definition) is 6. The van der Waals surface area contributed by atoms with Gasteiger partial charge in [0.2, 0.25) is 5.89 Å². The highest BCUT2D eigenvalue weighted by Crippen LogP contribution is 2.32. The predicted octanol–water partition coefficient (Wildman–Crippen LogP) is 1.11. The normalized spacial score (nSPS) is 24.9. The fraction of sp³-hybridized carbons (Fsp3) is 0.800. The molecule has 0 aromatic carbocycles. The van der Waals surface area contributed by atoms with E-state index in [-0.39, 0.29) is 12.0 Å². The first-order chi connectivity index (χ1) is 7.76. The van der Waals surface area contributed by atoms with Gasteiger partial charge in [-0.1, -0.05) is 0 Å². The minimum Gasteiger partial charge on any atom is -0.391 e. The van der Waals surface area contributed by atoms with E-state index in [1.807, 2.05) is 4.90 Å². The van der Waals surface area contributed by atoms with Gasteiger partial charge in [-0.2, -0.15) is 16.7 Å². The van der Waals surface area contributed by atoms with Crippen LogP contribution in [0.15, 0.2) is 4.52 Å². The number of hydrogen-bond donors (Lipinski definition) is 1. The molecule has 0 amide bonds. The summed E-state index contributed by atoms with van der Waals surface area (Å²) < 4.78 is 5.23. The molecule has 16 heavy (non-hydrogen) atoms.